The summed E-state index contributed by atoms with van der Waals surface area (Å²) in [7, 11) is 0. The summed E-state index contributed by atoms with van der Waals surface area (Å²) in [6.07, 6.45) is 3.63. The maximum absolute atomic E-state index is 5.85. The van der Waals surface area contributed by atoms with Gasteiger partial charge in [-0.1, -0.05) is 43.8 Å². The van der Waals surface area contributed by atoms with Gasteiger partial charge >= 0.3 is 0 Å². The third-order valence-electron chi connectivity index (χ3n) is 2.64. The Morgan fingerprint density at radius 3 is 2.56 bits per heavy atom. The maximum atomic E-state index is 5.85. The van der Waals surface area contributed by atoms with Crippen LogP contribution in [0.4, 0.5) is 0 Å². The molecule has 87 valence electrons. The van der Waals surface area contributed by atoms with Crippen molar-refractivity contribution in [1.82, 2.24) is 4.90 Å². The molecule has 0 heterocycles. The van der Waals surface area contributed by atoms with Gasteiger partial charge in [0.15, 0.2) is 0 Å². The molecule has 1 radical (unpaired) electrons. The van der Waals surface area contributed by atoms with Crippen LogP contribution in [0.25, 0.3) is 0 Å². The zero-order valence-corrected chi connectivity index (χ0v) is 9.81. The van der Waals surface area contributed by atoms with Crippen LogP contribution in [0, 0.1) is 6.92 Å². The van der Waals surface area contributed by atoms with Gasteiger partial charge in [0.25, 0.3) is 0 Å². The predicted octanol–water partition coefficient (Wildman–Crippen LogP) is 2.57. The average Bonchev–Trinajstić information content (AvgIpc) is 2.35. The molecule has 1 aromatic rings. The third kappa shape index (κ3) is 4.49. The van der Waals surface area contributed by atoms with Gasteiger partial charge in [-0.05, 0) is 24.6 Å². The summed E-state index contributed by atoms with van der Waals surface area (Å²) in [5, 5.41) is 0. The molecule has 0 saturated carbocycles. The van der Waals surface area contributed by atoms with E-state index in [0.29, 0.717) is 0 Å². The molecule has 1 atom stereocenters. The number of rotatable bonds is 7. The monoisotopic (exact) mass is 217 g/mol. The van der Waals surface area contributed by atoms with Crippen molar-refractivity contribution in [2.24, 2.45) is 5.73 Å². The van der Waals surface area contributed by atoms with Gasteiger partial charge in [0.05, 0.1) is 0 Å². The Labute approximate surface area is 98.8 Å². The van der Waals surface area contributed by atoms with E-state index >= 15 is 0 Å². The lowest BCUT2D eigenvalue weighted by atomic mass is 10.1. The molecule has 0 aliphatic carbocycles. The van der Waals surface area contributed by atoms with Gasteiger partial charge in [-0.2, -0.15) is 0 Å². The Bertz CT molecular complexity index is 295. The van der Waals surface area contributed by atoms with Crippen LogP contribution in [0.15, 0.2) is 43.1 Å². The van der Waals surface area contributed by atoms with Crippen LogP contribution in [0.2, 0.25) is 0 Å². The Morgan fingerprint density at radius 2 is 2.00 bits per heavy atom. The van der Waals surface area contributed by atoms with Gasteiger partial charge in [0.1, 0.15) is 0 Å². The van der Waals surface area contributed by atoms with Gasteiger partial charge in [-0.25, -0.2) is 0 Å². The SMILES string of the molecule is [CH2]CC(N)CCN(C=C)Cc1ccccc1. The molecular formula is C14H21N2. The van der Waals surface area contributed by atoms with Crippen LogP contribution >= 0.6 is 0 Å². The van der Waals surface area contributed by atoms with Crippen LogP contribution in [0.5, 0.6) is 0 Å². The smallest absolute Gasteiger partial charge is 0.0423 e. The largest absolute Gasteiger partial charge is 0.374 e. The fourth-order valence-corrected chi connectivity index (χ4v) is 1.53. The molecule has 16 heavy (non-hydrogen) atoms. The number of hydrogen-bond donors (Lipinski definition) is 1. The van der Waals surface area contributed by atoms with Crippen molar-refractivity contribution in [1.29, 1.82) is 0 Å². The minimum Gasteiger partial charge on any atom is -0.374 e. The molecule has 0 saturated heterocycles. The molecule has 1 unspecified atom stereocenters. The highest BCUT2D eigenvalue weighted by molar-refractivity contribution is 5.14. The van der Waals surface area contributed by atoms with E-state index < -0.39 is 0 Å². The minimum absolute atomic E-state index is 0.193. The second kappa shape index (κ2) is 7.07. The Balaban J connectivity index is 2.40. The second-order valence-corrected chi connectivity index (χ2v) is 3.98. The van der Waals surface area contributed by atoms with E-state index in [1.807, 2.05) is 12.3 Å². The van der Waals surface area contributed by atoms with E-state index in [-0.39, 0.29) is 6.04 Å². The lowest BCUT2D eigenvalue weighted by Gasteiger charge is -2.21. The van der Waals surface area contributed by atoms with Crippen molar-refractivity contribution in [2.75, 3.05) is 6.54 Å². The highest BCUT2D eigenvalue weighted by Crippen LogP contribution is 2.06. The zero-order valence-electron chi connectivity index (χ0n) is 9.81. The van der Waals surface area contributed by atoms with E-state index in [4.69, 9.17) is 5.73 Å². The molecule has 1 aromatic carbocycles. The van der Waals surface area contributed by atoms with E-state index in [2.05, 4.69) is 42.7 Å². The molecule has 0 spiro atoms. The van der Waals surface area contributed by atoms with Crippen LogP contribution < -0.4 is 5.73 Å². The van der Waals surface area contributed by atoms with Crippen molar-refractivity contribution in [2.45, 2.75) is 25.4 Å². The molecule has 2 nitrogen and oxygen atoms in total. The topological polar surface area (TPSA) is 29.3 Å². The lowest BCUT2D eigenvalue weighted by molar-refractivity contribution is 0.349. The summed E-state index contributed by atoms with van der Waals surface area (Å²) < 4.78 is 0. The number of nitrogens with zero attached hydrogens (tertiary/aromatic N) is 1. The van der Waals surface area contributed by atoms with E-state index in [0.717, 1.165) is 25.9 Å². The number of hydrogen-bond acceptors (Lipinski definition) is 2. The fourth-order valence-electron chi connectivity index (χ4n) is 1.53. The highest BCUT2D eigenvalue weighted by Gasteiger charge is 2.03. The number of nitrogens with two attached hydrogens (primary N) is 1. The van der Waals surface area contributed by atoms with Gasteiger partial charge < -0.3 is 10.6 Å². The minimum atomic E-state index is 0.193. The van der Waals surface area contributed by atoms with Crippen molar-refractivity contribution in [3.05, 3.63) is 55.6 Å². The van der Waals surface area contributed by atoms with Crippen LogP contribution in [0.3, 0.4) is 0 Å². The molecular weight excluding hydrogens is 196 g/mol. The van der Waals surface area contributed by atoms with Crippen molar-refractivity contribution in [3.63, 3.8) is 0 Å². The molecule has 2 heteroatoms. The van der Waals surface area contributed by atoms with Gasteiger partial charge in [0, 0.05) is 19.1 Å². The molecule has 0 aliphatic rings. The predicted molar refractivity (Wildman–Crippen MR) is 69.6 cm³/mol. The molecule has 1 rings (SSSR count). The first-order valence-electron chi connectivity index (χ1n) is 5.71. The Kier molecular flexibility index (Phi) is 5.65. The molecule has 2 N–H and O–H groups in total. The zero-order chi connectivity index (χ0) is 11.8. The molecule has 0 amide bonds. The summed E-state index contributed by atoms with van der Waals surface area (Å²) in [5.74, 6) is 0. The maximum Gasteiger partial charge on any atom is 0.0423 e. The van der Waals surface area contributed by atoms with E-state index in [1.165, 1.54) is 5.56 Å². The average molecular weight is 217 g/mol. The fraction of sp³-hybridized carbons (Fsp3) is 0.357. The van der Waals surface area contributed by atoms with Crippen LogP contribution in [-0.4, -0.2) is 17.5 Å². The molecule has 0 fully saturated rings. The van der Waals surface area contributed by atoms with Crippen molar-refractivity contribution >= 4 is 0 Å². The third-order valence-corrected chi connectivity index (χ3v) is 2.64. The number of benzene rings is 1. The Morgan fingerprint density at radius 1 is 1.31 bits per heavy atom. The van der Waals surface area contributed by atoms with Gasteiger partial charge in [0.2, 0.25) is 0 Å². The normalized spacial score (nSPS) is 12.1. The quantitative estimate of drug-likeness (QED) is 0.760. The summed E-state index contributed by atoms with van der Waals surface area (Å²) in [6, 6.07) is 10.6. The standard InChI is InChI=1S/C14H21N2/c1-3-14(15)10-11-16(4-2)12-13-8-6-5-7-9-13/h4-9,14H,1-3,10-12,15H2. The molecule has 0 aromatic heterocycles. The first-order valence-corrected chi connectivity index (χ1v) is 5.71. The molecule has 0 bridgehead atoms. The second-order valence-electron chi connectivity index (χ2n) is 3.98. The summed E-state index contributed by atoms with van der Waals surface area (Å²) >= 11 is 0. The first-order chi connectivity index (χ1) is 7.76. The summed E-state index contributed by atoms with van der Waals surface area (Å²) in [4.78, 5) is 2.19. The molecule has 0 aliphatic heterocycles. The Hall–Kier alpha value is -1.28. The first kappa shape index (κ1) is 12.8. The van der Waals surface area contributed by atoms with Gasteiger partial charge in [-0.15, -0.1) is 0 Å². The van der Waals surface area contributed by atoms with Crippen molar-refractivity contribution < 1.29 is 0 Å². The van der Waals surface area contributed by atoms with E-state index in [1.54, 1.807) is 0 Å². The van der Waals surface area contributed by atoms with E-state index in [9.17, 15) is 0 Å². The van der Waals surface area contributed by atoms with Crippen molar-refractivity contribution in [3.8, 4) is 0 Å². The summed E-state index contributed by atoms with van der Waals surface area (Å²) in [6.45, 7) is 9.47. The highest BCUT2D eigenvalue weighted by atomic mass is 15.1. The summed E-state index contributed by atoms with van der Waals surface area (Å²) in [5.41, 5.74) is 7.14. The van der Waals surface area contributed by atoms with Gasteiger partial charge in [-0.3, -0.25) is 0 Å². The van der Waals surface area contributed by atoms with Crippen LogP contribution in [-0.2, 0) is 6.54 Å². The van der Waals surface area contributed by atoms with Crippen LogP contribution in [0.1, 0.15) is 18.4 Å². The lowest BCUT2D eigenvalue weighted by Crippen LogP contribution is -2.26.